The van der Waals surface area contributed by atoms with Gasteiger partial charge in [-0.2, -0.15) is 0 Å². The monoisotopic (exact) mass is 417 g/mol. The van der Waals surface area contributed by atoms with Crippen LogP contribution >= 0.6 is 27.3 Å². The number of alkyl halides is 2. The van der Waals surface area contributed by atoms with E-state index in [2.05, 4.69) is 40.7 Å². The predicted octanol–water partition coefficient (Wildman–Crippen LogP) is 4.41. The van der Waals surface area contributed by atoms with Gasteiger partial charge in [0, 0.05) is 17.5 Å². The Morgan fingerprint density at radius 1 is 1.50 bits per heavy atom. The van der Waals surface area contributed by atoms with Gasteiger partial charge in [0.25, 0.3) is 5.91 Å². The zero-order valence-corrected chi connectivity index (χ0v) is 14.5. The molecule has 0 atom stereocenters. The van der Waals surface area contributed by atoms with Crippen LogP contribution in [0.5, 0.6) is 0 Å². The van der Waals surface area contributed by atoms with E-state index in [-0.39, 0.29) is 17.6 Å². The van der Waals surface area contributed by atoms with E-state index < -0.39 is 6.29 Å². The highest BCUT2D eigenvalue weighted by atomic mass is 79.9. The minimum absolute atomic E-state index is 0.0757. The van der Waals surface area contributed by atoms with Crippen LogP contribution in [0.1, 0.15) is 28.7 Å². The Labute approximate surface area is 147 Å². The molecular formula is C14H10BrF2N3O3S. The molecule has 126 valence electrons. The van der Waals surface area contributed by atoms with Crippen LogP contribution in [0.25, 0.3) is 12.2 Å². The summed E-state index contributed by atoms with van der Waals surface area (Å²) in [6.07, 6.45) is -0.390. The molecule has 0 aliphatic carbocycles. The number of nitrogens with zero attached hydrogens (tertiary/aromatic N) is 1. The lowest BCUT2D eigenvalue weighted by Crippen LogP contribution is -2.21. The van der Waals surface area contributed by atoms with Crippen LogP contribution in [-0.4, -0.2) is 22.2 Å². The second-order valence-electron chi connectivity index (χ2n) is 4.72. The van der Waals surface area contributed by atoms with E-state index >= 15 is 0 Å². The number of ether oxygens (including phenoxy) is 2. The van der Waals surface area contributed by atoms with Gasteiger partial charge in [-0.15, -0.1) is 20.1 Å². The Kier molecular flexibility index (Phi) is 4.41. The van der Waals surface area contributed by atoms with E-state index in [4.69, 9.17) is 0 Å². The summed E-state index contributed by atoms with van der Waals surface area (Å²) in [5, 5.41) is 4.29. The number of allylic oxidation sites excluding steroid dienone is 1. The highest BCUT2D eigenvalue weighted by Gasteiger charge is 2.34. The van der Waals surface area contributed by atoms with E-state index in [0.29, 0.717) is 17.0 Å². The van der Waals surface area contributed by atoms with Crippen molar-refractivity contribution in [2.75, 3.05) is 5.32 Å². The van der Waals surface area contributed by atoms with E-state index in [1.54, 1.807) is 11.4 Å². The molecule has 1 amide bonds. The maximum Gasteiger partial charge on any atom is 0.585 e. The van der Waals surface area contributed by atoms with Gasteiger partial charge in [0.15, 0.2) is 0 Å². The van der Waals surface area contributed by atoms with Gasteiger partial charge in [-0.05, 0) is 28.9 Å². The lowest BCUT2D eigenvalue weighted by atomic mass is 10.3. The van der Waals surface area contributed by atoms with Gasteiger partial charge in [-0.25, -0.2) is 4.98 Å². The summed E-state index contributed by atoms with van der Waals surface area (Å²) in [6, 6.07) is 1.68. The van der Waals surface area contributed by atoms with E-state index in [0.717, 1.165) is 10.0 Å². The average Bonchev–Trinajstić information content (AvgIpc) is 3.05. The van der Waals surface area contributed by atoms with Gasteiger partial charge in [0.2, 0.25) is 5.95 Å². The van der Waals surface area contributed by atoms with Crippen LogP contribution in [-0.2, 0) is 9.47 Å². The molecule has 2 aromatic rings. The summed E-state index contributed by atoms with van der Waals surface area (Å²) >= 11 is 4.66. The fraction of sp³-hybridized carbons (Fsp3) is 0.143. The molecule has 0 aromatic carbocycles. The van der Waals surface area contributed by atoms with Gasteiger partial charge >= 0.3 is 6.29 Å². The standard InChI is InChI=1S/C14H10BrF2N3O3S/c1-7-4-10-9(2-3-22-14(16,17)23-7)18-13(19-10)20-12(21)8-5-11(15)24-6-8/h2-6H,1H3,(H2,18,19,20,21)/b3-2+,7-4+. The van der Waals surface area contributed by atoms with Gasteiger partial charge in [-0.3, -0.25) is 10.1 Å². The Morgan fingerprint density at radius 3 is 3.00 bits per heavy atom. The fourth-order valence-corrected chi connectivity index (χ4v) is 3.06. The zero-order valence-electron chi connectivity index (χ0n) is 12.1. The molecule has 3 rings (SSSR count). The summed E-state index contributed by atoms with van der Waals surface area (Å²) in [7, 11) is 0. The number of carbonyl (C=O) groups excluding carboxylic acids is 1. The third-order valence-electron chi connectivity index (χ3n) is 2.88. The number of halogens is 3. The molecule has 0 saturated carbocycles. The number of hydrogen-bond acceptors (Lipinski definition) is 5. The molecule has 2 aromatic heterocycles. The van der Waals surface area contributed by atoms with Crippen molar-refractivity contribution in [2.24, 2.45) is 0 Å². The zero-order chi connectivity index (χ0) is 17.3. The smallest absolute Gasteiger partial charge is 0.407 e. The van der Waals surface area contributed by atoms with Gasteiger partial charge < -0.3 is 14.5 Å². The number of rotatable bonds is 2. The van der Waals surface area contributed by atoms with Crippen molar-refractivity contribution < 1.29 is 23.0 Å². The Morgan fingerprint density at radius 2 is 2.29 bits per heavy atom. The topological polar surface area (TPSA) is 76.2 Å². The first-order chi connectivity index (χ1) is 11.3. The first-order valence-electron chi connectivity index (χ1n) is 6.57. The summed E-state index contributed by atoms with van der Waals surface area (Å²) < 4.78 is 35.9. The van der Waals surface area contributed by atoms with Crippen LogP contribution < -0.4 is 5.32 Å². The molecule has 0 saturated heterocycles. The molecule has 24 heavy (non-hydrogen) atoms. The predicted molar refractivity (Wildman–Crippen MR) is 88.4 cm³/mol. The Hall–Kier alpha value is -2.20. The summed E-state index contributed by atoms with van der Waals surface area (Å²) in [5.74, 6) is -0.249. The van der Waals surface area contributed by atoms with Crippen molar-refractivity contribution in [1.29, 1.82) is 0 Å². The quantitative estimate of drug-likeness (QED) is 0.758. The van der Waals surface area contributed by atoms with Crippen LogP contribution in [0, 0.1) is 0 Å². The maximum absolute atomic E-state index is 13.2. The molecule has 0 radical (unpaired) electrons. The largest absolute Gasteiger partial charge is 0.585 e. The molecule has 2 N–H and O–H groups in total. The van der Waals surface area contributed by atoms with Gasteiger partial charge in [0.1, 0.15) is 5.76 Å². The van der Waals surface area contributed by atoms with Crippen molar-refractivity contribution in [3.8, 4) is 0 Å². The van der Waals surface area contributed by atoms with E-state index in [1.165, 1.54) is 30.4 Å². The SMILES string of the molecule is C/C1=C\c2[nH]c(NC(=O)c3csc(Br)c3)nc2/C=C/OC(F)(F)O1. The highest BCUT2D eigenvalue weighted by Crippen LogP contribution is 2.26. The molecular weight excluding hydrogens is 408 g/mol. The molecule has 10 heteroatoms. The highest BCUT2D eigenvalue weighted by molar-refractivity contribution is 9.11. The van der Waals surface area contributed by atoms with Gasteiger partial charge in [-0.1, -0.05) is 0 Å². The third-order valence-corrected chi connectivity index (χ3v) is 4.39. The van der Waals surface area contributed by atoms with Crippen molar-refractivity contribution in [3.63, 3.8) is 0 Å². The molecule has 1 aliphatic rings. The molecule has 0 fully saturated rings. The third kappa shape index (κ3) is 3.82. The normalized spacial score (nSPS) is 19.4. The number of nitrogens with one attached hydrogen (secondary N) is 2. The molecule has 3 heterocycles. The van der Waals surface area contributed by atoms with Crippen LogP contribution in [0.15, 0.2) is 27.3 Å². The van der Waals surface area contributed by atoms with Crippen LogP contribution in [0.2, 0.25) is 0 Å². The maximum atomic E-state index is 13.2. The fourth-order valence-electron chi connectivity index (χ4n) is 1.93. The average molecular weight is 418 g/mol. The van der Waals surface area contributed by atoms with Crippen molar-refractivity contribution >= 4 is 51.3 Å². The Balaban J connectivity index is 1.85. The van der Waals surface area contributed by atoms with Crippen LogP contribution in [0.4, 0.5) is 14.7 Å². The second-order valence-corrected chi connectivity index (χ2v) is 7.01. The lowest BCUT2D eigenvalue weighted by molar-refractivity contribution is -0.355. The number of carbonyl (C=O) groups is 1. The summed E-state index contributed by atoms with van der Waals surface area (Å²) in [6.45, 7) is 1.36. The molecule has 0 unspecified atom stereocenters. The number of hydrogen-bond donors (Lipinski definition) is 2. The first-order valence-corrected chi connectivity index (χ1v) is 8.24. The number of imidazole rings is 1. The molecule has 0 spiro atoms. The first kappa shape index (κ1) is 16.7. The number of anilines is 1. The van der Waals surface area contributed by atoms with Crippen molar-refractivity contribution in [2.45, 2.75) is 13.2 Å². The summed E-state index contributed by atoms with van der Waals surface area (Å²) in [5.41, 5.74) is 1.19. The van der Waals surface area contributed by atoms with E-state index in [9.17, 15) is 13.6 Å². The van der Waals surface area contributed by atoms with E-state index in [1.807, 2.05) is 0 Å². The minimum Gasteiger partial charge on any atom is -0.407 e. The minimum atomic E-state index is -3.76. The molecule has 6 nitrogen and oxygen atoms in total. The lowest BCUT2D eigenvalue weighted by Gasteiger charge is -2.15. The Bertz CT molecular complexity index is 844. The van der Waals surface area contributed by atoms with Crippen molar-refractivity contribution in [3.05, 3.63) is 44.2 Å². The number of amides is 1. The van der Waals surface area contributed by atoms with Gasteiger partial charge in [0.05, 0.1) is 27.0 Å². The van der Waals surface area contributed by atoms with Crippen molar-refractivity contribution in [1.82, 2.24) is 9.97 Å². The number of fused-ring (bicyclic) bond motifs is 1. The number of aromatic nitrogens is 2. The number of H-pyrrole nitrogens is 1. The second kappa shape index (κ2) is 6.36. The molecule has 1 aliphatic heterocycles. The molecule has 0 bridgehead atoms. The number of aromatic amines is 1. The summed E-state index contributed by atoms with van der Waals surface area (Å²) in [4.78, 5) is 19.1. The van der Waals surface area contributed by atoms with Crippen LogP contribution in [0.3, 0.4) is 0 Å². The number of thiophene rings is 1.